The van der Waals surface area contributed by atoms with Gasteiger partial charge in [0.25, 0.3) is 5.91 Å². The second kappa shape index (κ2) is 7.04. The Balaban J connectivity index is 2.71. The van der Waals surface area contributed by atoms with Gasteiger partial charge in [0.15, 0.2) is 0 Å². The minimum Gasteiger partial charge on any atom is -0.385 e. The molecule has 0 saturated heterocycles. The maximum absolute atomic E-state index is 12.2. The predicted octanol–water partition coefficient (Wildman–Crippen LogP) is 3.28. The van der Waals surface area contributed by atoms with E-state index in [0.29, 0.717) is 5.92 Å². The van der Waals surface area contributed by atoms with Crippen LogP contribution in [0.15, 0.2) is 24.3 Å². The Kier molecular flexibility index (Phi) is 5.69. The number of carbonyl (C=O) groups excluding carboxylic acids is 1. The van der Waals surface area contributed by atoms with Crippen molar-refractivity contribution in [1.82, 2.24) is 5.32 Å². The van der Waals surface area contributed by atoms with Crippen LogP contribution >= 0.6 is 0 Å². The third kappa shape index (κ3) is 4.40. The topological polar surface area (TPSA) is 41.1 Å². The molecule has 0 radical (unpaired) electrons. The molecule has 0 bridgehead atoms. The molecule has 3 heteroatoms. The summed E-state index contributed by atoms with van der Waals surface area (Å²) < 4.78 is 0. The Bertz CT molecular complexity index is 388. The quantitative estimate of drug-likeness (QED) is 0.811. The maximum Gasteiger partial charge on any atom is 0.253 e. The first-order valence-electron chi connectivity index (χ1n) is 6.68. The van der Waals surface area contributed by atoms with E-state index in [-0.39, 0.29) is 11.9 Å². The van der Waals surface area contributed by atoms with Gasteiger partial charge in [-0.15, -0.1) is 0 Å². The highest BCUT2D eigenvalue weighted by Gasteiger charge is 2.13. The SMILES string of the molecule is CCNc1ccccc1C(=O)NC(C)CC(C)C. The van der Waals surface area contributed by atoms with Crippen molar-refractivity contribution in [1.29, 1.82) is 0 Å². The number of amides is 1. The van der Waals surface area contributed by atoms with Crippen LogP contribution in [-0.2, 0) is 0 Å². The molecule has 3 nitrogen and oxygen atoms in total. The third-order valence-corrected chi connectivity index (χ3v) is 2.74. The second-order valence-corrected chi connectivity index (χ2v) is 5.08. The molecule has 100 valence electrons. The van der Waals surface area contributed by atoms with Crippen LogP contribution in [0.2, 0.25) is 0 Å². The molecule has 0 spiro atoms. The first-order valence-corrected chi connectivity index (χ1v) is 6.68. The van der Waals surface area contributed by atoms with E-state index < -0.39 is 0 Å². The molecule has 2 N–H and O–H groups in total. The lowest BCUT2D eigenvalue weighted by atomic mass is 10.0. The normalized spacial score (nSPS) is 12.3. The van der Waals surface area contributed by atoms with Crippen molar-refractivity contribution in [2.45, 2.75) is 40.2 Å². The van der Waals surface area contributed by atoms with Gasteiger partial charge in [-0.3, -0.25) is 4.79 Å². The van der Waals surface area contributed by atoms with Gasteiger partial charge in [0.05, 0.1) is 5.56 Å². The first-order chi connectivity index (χ1) is 8.54. The first kappa shape index (κ1) is 14.6. The molecular weight excluding hydrogens is 224 g/mol. The molecule has 0 aromatic heterocycles. The molecule has 0 fully saturated rings. The van der Waals surface area contributed by atoms with Gasteiger partial charge in [-0.2, -0.15) is 0 Å². The number of para-hydroxylation sites is 1. The Morgan fingerprint density at radius 2 is 1.89 bits per heavy atom. The van der Waals surface area contributed by atoms with E-state index in [1.54, 1.807) is 0 Å². The van der Waals surface area contributed by atoms with Crippen molar-refractivity contribution in [2.24, 2.45) is 5.92 Å². The summed E-state index contributed by atoms with van der Waals surface area (Å²) >= 11 is 0. The minimum atomic E-state index is -0.000278. The summed E-state index contributed by atoms with van der Waals surface area (Å²) in [6, 6.07) is 7.82. The molecule has 0 heterocycles. The molecule has 1 aromatic rings. The molecule has 1 atom stereocenters. The minimum absolute atomic E-state index is 0.000278. The van der Waals surface area contributed by atoms with Crippen LogP contribution in [0.5, 0.6) is 0 Å². The molecule has 1 rings (SSSR count). The predicted molar refractivity (Wildman–Crippen MR) is 77.0 cm³/mol. The average Bonchev–Trinajstić information content (AvgIpc) is 2.28. The van der Waals surface area contributed by atoms with Gasteiger partial charge < -0.3 is 10.6 Å². The zero-order valence-electron chi connectivity index (χ0n) is 11.8. The van der Waals surface area contributed by atoms with Gasteiger partial charge in [0.1, 0.15) is 0 Å². The fraction of sp³-hybridized carbons (Fsp3) is 0.533. The largest absolute Gasteiger partial charge is 0.385 e. The number of hydrogen-bond acceptors (Lipinski definition) is 2. The van der Waals surface area contributed by atoms with Crippen molar-refractivity contribution in [3.63, 3.8) is 0 Å². The highest BCUT2D eigenvalue weighted by molar-refractivity contribution is 5.99. The number of rotatable bonds is 6. The zero-order valence-corrected chi connectivity index (χ0v) is 11.8. The van der Waals surface area contributed by atoms with Crippen LogP contribution in [0, 0.1) is 5.92 Å². The van der Waals surface area contributed by atoms with Crippen molar-refractivity contribution < 1.29 is 4.79 Å². The average molecular weight is 248 g/mol. The van der Waals surface area contributed by atoms with E-state index in [9.17, 15) is 4.79 Å². The van der Waals surface area contributed by atoms with Gasteiger partial charge in [-0.1, -0.05) is 26.0 Å². The van der Waals surface area contributed by atoms with E-state index in [2.05, 4.69) is 24.5 Å². The number of nitrogens with one attached hydrogen (secondary N) is 2. The lowest BCUT2D eigenvalue weighted by Crippen LogP contribution is -2.33. The van der Waals surface area contributed by atoms with Crippen LogP contribution in [0.25, 0.3) is 0 Å². The Hall–Kier alpha value is -1.51. The van der Waals surface area contributed by atoms with E-state index in [4.69, 9.17) is 0 Å². The number of hydrogen-bond donors (Lipinski definition) is 2. The van der Waals surface area contributed by atoms with E-state index >= 15 is 0 Å². The summed E-state index contributed by atoms with van der Waals surface area (Å²) in [7, 11) is 0. The number of benzene rings is 1. The third-order valence-electron chi connectivity index (χ3n) is 2.74. The summed E-state index contributed by atoms with van der Waals surface area (Å²) in [5.74, 6) is 0.587. The van der Waals surface area contributed by atoms with Gasteiger partial charge in [-0.05, 0) is 38.3 Å². The summed E-state index contributed by atoms with van der Waals surface area (Å²) in [5, 5.41) is 6.26. The molecular formula is C15H24N2O. The van der Waals surface area contributed by atoms with Crippen LogP contribution < -0.4 is 10.6 Å². The molecule has 1 aromatic carbocycles. The van der Waals surface area contributed by atoms with Gasteiger partial charge in [-0.25, -0.2) is 0 Å². The molecule has 0 aliphatic heterocycles. The summed E-state index contributed by atoms with van der Waals surface area (Å²) in [4.78, 5) is 12.2. The fourth-order valence-corrected chi connectivity index (χ4v) is 2.09. The Morgan fingerprint density at radius 1 is 1.22 bits per heavy atom. The van der Waals surface area contributed by atoms with Crippen molar-refractivity contribution in [2.75, 3.05) is 11.9 Å². The van der Waals surface area contributed by atoms with E-state index in [1.807, 2.05) is 38.1 Å². The Morgan fingerprint density at radius 3 is 2.50 bits per heavy atom. The fourth-order valence-electron chi connectivity index (χ4n) is 2.09. The summed E-state index contributed by atoms with van der Waals surface area (Å²) in [6.07, 6.45) is 0.995. The molecule has 1 unspecified atom stereocenters. The highest BCUT2D eigenvalue weighted by atomic mass is 16.1. The maximum atomic E-state index is 12.2. The molecule has 0 aliphatic rings. The van der Waals surface area contributed by atoms with E-state index in [1.165, 1.54) is 0 Å². The van der Waals surface area contributed by atoms with Gasteiger partial charge >= 0.3 is 0 Å². The monoisotopic (exact) mass is 248 g/mol. The standard InChI is InChI=1S/C15H24N2O/c1-5-16-14-9-7-6-8-13(14)15(18)17-12(4)10-11(2)3/h6-9,11-12,16H,5,10H2,1-4H3,(H,17,18). The van der Waals surface area contributed by atoms with Crippen molar-refractivity contribution in [3.05, 3.63) is 29.8 Å². The molecule has 1 amide bonds. The second-order valence-electron chi connectivity index (χ2n) is 5.08. The highest BCUT2D eigenvalue weighted by Crippen LogP contribution is 2.15. The summed E-state index contributed by atoms with van der Waals surface area (Å²) in [6.45, 7) is 9.21. The van der Waals surface area contributed by atoms with Crippen LogP contribution in [0.4, 0.5) is 5.69 Å². The van der Waals surface area contributed by atoms with Crippen molar-refractivity contribution in [3.8, 4) is 0 Å². The van der Waals surface area contributed by atoms with Crippen molar-refractivity contribution >= 4 is 11.6 Å². The van der Waals surface area contributed by atoms with E-state index in [0.717, 1.165) is 24.2 Å². The van der Waals surface area contributed by atoms with Gasteiger partial charge in [0.2, 0.25) is 0 Å². The van der Waals surface area contributed by atoms with Gasteiger partial charge in [0, 0.05) is 18.3 Å². The molecule has 0 aliphatic carbocycles. The van der Waals surface area contributed by atoms with Crippen LogP contribution in [0.1, 0.15) is 44.5 Å². The smallest absolute Gasteiger partial charge is 0.253 e. The number of anilines is 1. The summed E-state index contributed by atoms with van der Waals surface area (Å²) in [5.41, 5.74) is 1.62. The van der Waals surface area contributed by atoms with Crippen LogP contribution in [0.3, 0.4) is 0 Å². The molecule has 18 heavy (non-hydrogen) atoms. The lowest BCUT2D eigenvalue weighted by Gasteiger charge is -2.17. The number of carbonyl (C=O) groups is 1. The Labute approximate surface area is 110 Å². The molecule has 0 saturated carbocycles. The van der Waals surface area contributed by atoms with Crippen LogP contribution in [-0.4, -0.2) is 18.5 Å². The zero-order chi connectivity index (χ0) is 13.5. The lowest BCUT2D eigenvalue weighted by molar-refractivity contribution is 0.0937.